The van der Waals surface area contributed by atoms with E-state index in [1.54, 1.807) is 10.9 Å². The van der Waals surface area contributed by atoms with Crippen LogP contribution in [-0.4, -0.2) is 51.4 Å². The Labute approximate surface area is 115 Å². The van der Waals surface area contributed by atoms with Crippen molar-refractivity contribution in [1.29, 1.82) is 0 Å². The zero-order valence-corrected chi connectivity index (χ0v) is 11.3. The molecule has 0 spiro atoms. The molecule has 0 unspecified atom stereocenters. The van der Waals surface area contributed by atoms with Gasteiger partial charge in [0.2, 0.25) is 5.95 Å². The number of nitrogens with zero attached hydrogens (tertiary/aromatic N) is 5. The van der Waals surface area contributed by atoms with Crippen molar-refractivity contribution in [3.63, 3.8) is 0 Å². The van der Waals surface area contributed by atoms with Crippen LogP contribution in [-0.2, 0) is 4.74 Å². The fourth-order valence-corrected chi connectivity index (χ4v) is 2.17. The summed E-state index contributed by atoms with van der Waals surface area (Å²) in [6, 6.07) is 0. The summed E-state index contributed by atoms with van der Waals surface area (Å²) in [5, 5.41) is 9.10. The van der Waals surface area contributed by atoms with Crippen molar-refractivity contribution in [2.24, 2.45) is 0 Å². The minimum Gasteiger partial charge on any atom is -0.393 e. The molecule has 3 N–H and O–H groups in total. The lowest BCUT2D eigenvalue weighted by Gasteiger charge is -2.15. The minimum atomic E-state index is -0.346. The Hall–Kier alpha value is -2.19. The van der Waals surface area contributed by atoms with Crippen LogP contribution in [0.4, 0.5) is 11.8 Å². The van der Waals surface area contributed by atoms with Crippen LogP contribution in [0.3, 0.4) is 0 Å². The summed E-state index contributed by atoms with van der Waals surface area (Å²) in [5.74, 6) is 0.843. The summed E-state index contributed by atoms with van der Waals surface area (Å²) in [4.78, 5) is 14.6. The number of hydrogen-bond donors (Lipinski definition) is 2. The van der Waals surface area contributed by atoms with Gasteiger partial charge < -0.3 is 20.5 Å². The van der Waals surface area contributed by atoms with E-state index in [1.807, 2.05) is 31.1 Å². The maximum atomic E-state index is 9.10. The van der Waals surface area contributed by atoms with Gasteiger partial charge in [-0.25, -0.2) is 4.98 Å². The molecule has 20 heavy (non-hydrogen) atoms. The Bertz CT molecular complexity index is 665. The van der Waals surface area contributed by atoms with E-state index in [4.69, 9.17) is 15.6 Å². The first-order chi connectivity index (χ1) is 9.60. The minimum absolute atomic E-state index is 0.0559. The average Bonchev–Trinajstić information content (AvgIpc) is 3.02. The number of imidazole rings is 1. The first-order valence-corrected chi connectivity index (χ1v) is 6.22. The summed E-state index contributed by atoms with van der Waals surface area (Å²) in [6.07, 6.45) is 4.66. The third-order valence-electron chi connectivity index (χ3n) is 3.10. The van der Waals surface area contributed by atoms with E-state index in [1.165, 1.54) is 0 Å². The number of aliphatic hydroxyl groups is 1. The molecule has 2 aromatic heterocycles. The predicted molar refractivity (Wildman–Crippen MR) is 74.2 cm³/mol. The van der Waals surface area contributed by atoms with E-state index in [9.17, 15) is 0 Å². The van der Waals surface area contributed by atoms with Gasteiger partial charge in [0, 0.05) is 14.1 Å². The highest BCUT2D eigenvalue weighted by Crippen LogP contribution is 2.28. The fourth-order valence-electron chi connectivity index (χ4n) is 2.17. The number of hydrogen-bond acceptors (Lipinski definition) is 7. The first-order valence-electron chi connectivity index (χ1n) is 6.22. The molecule has 0 fully saturated rings. The maximum absolute atomic E-state index is 9.10. The highest BCUT2D eigenvalue weighted by atomic mass is 16.5. The Balaban J connectivity index is 2.08. The van der Waals surface area contributed by atoms with E-state index in [0.717, 1.165) is 0 Å². The van der Waals surface area contributed by atoms with Gasteiger partial charge in [-0.05, 0) is 6.08 Å². The average molecular weight is 276 g/mol. The second kappa shape index (κ2) is 4.73. The molecule has 0 amide bonds. The smallest absolute Gasteiger partial charge is 0.224 e. The molecule has 0 saturated heterocycles. The number of rotatable bonds is 3. The van der Waals surface area contributed by atoms with Crippen molar-refractivity contribution in [3.8, 4) is 0 Å². The van der Waals surface area contributed by atoms with Gasteiger partial charge in [0.25, 0.3) is 0 Å². The molecule has 2 aromatic rings. The van der Waals surface area contributed by atoms with E-state index < -0.39 is 0 Å². The molecule has 0 aliphatic carbocycles. The van der Waals surface area contributed by atoms with Gasteiger partial charge in [0.15, 0.2) is 23.2 Å². The standard InChI is InChI=1S/C12H16N6O2/c1-17(2)10-9-11(16-12(13)15-10)18(6-14-9)8-4-3-7(5-19)20-8/h3-4,6-8,19H,5H2,1-2H3,(H2,13,15,16)/t7-,8+/m0/s1. The lowest BCUT2D eigenvalue weighted by atomic mass is 10.4. The van der Waals surface area contributed by atoms with Crippen LogP contribution in [0.5, 0.6) is 0 Å². The molecule has 2 atom stereocenters. The van der Waals surface area contributed by atoms with E-state index in [-0.39, 0.29) is 24.9 Å². The summed E-state index contributed by atoms with van der Waals surface area (Å²) < 4.78 is 7.42. The van der Waals surface area contributed by atoms with Crippen molar-refractivity contribution >= 4 is 22.9 Å². The molecule has 106 valence electrons. The molecule has 1 aliphatic rings. The van der Waals surface area contributed by atoms with Gasteiger partial charge in [-0.1, -0.05) is 6.08 Å². The van der Waals surface area contributed by atoms with Crippen LogP contribution < -0.4 is 10.6 Å². The van der Waals surface area contributed by atoms with Crippen LogP contribution >= 0.6 is 0 Å². The molecule has 3 rings (SSSR count). The quantitative estimate of drug-likeness (QED) is 0.756. The zero-order chi connectivity index (χ0) is 14.3. The summed E-state index contributed by atoms with van der Waals surface area (Å²) in [5.41, 5.74) is 7.02. The molecule has 0 radical (unpaired) electrons. The molecule has 8 nitrogen and oxygen atoms in total. The number of anilines is 2. The number of aliphatic hydroxyl groups excluding tert-OH is 1. The number of aromatic nitrogens is 4. The van der Waals surface area contributed by atoms with Gasteiger partial charge in [-0.15, -0.1) is 0 Å². The van der Waals surface area contributed by atoms with Gasteiger partial charge in [0.05, 0.1) is 12.9 Å². The molecular weight excluding hydrogens is 260 g/mol. The predicted octanol–water partition coefficient (Wildman–Crippen LogP) is -0.0796. The largest absolute Gasteiger partial charge is 0.393 e. The molecular formula is C12H16N6O2. The zero-order valence-electron chi connectivity index (χ0n) is 11.3. The van der Waals surface area contributed by atoms with Gasteiger partial charge in [-0.2, -0.15) is 9.97 Å². The maximum Gasteiger partial charge on any atom is 0.224 e. The van der Waals surface area contributed by atoms with E-state index in [2.05, 4.69) is 15.0 Å². The third kappa shape index (κ3) is 1.98. The number of ether oxygens (including phenoxy) is 1. The normalized spacial score (nSPS) is 21.8. The Morgan fingerprint density at radius 2 is 2.20 bits per heavy atom. The van der Waals surface area contributed by atoms with Gasteiger partial charge in [0.1, 0.15) is 6.10 Å². The molecule has 3 heterocycles. The SMILES string of the molecule is CN(C)c1nc(N)nc2c1ncn2[C@H]1C=C[C@@H](CO)O1. The van der Waals surface area contributed by atoms with Crippen molar-refractivity contribution in [1.82, 2.24) is 19.5 Å². The van der Waals surface area contributed by atoms with Crippen molar-refractivity contribution in [3.05, 3.63) is 18.5 Å². The fraction of sp³-hybridized carbons (Fsp3) is 0.417. The second-order valence-corrected chi connectivity index (χ2v) is 4.76. The van der Waals surface area contributed by atoms with Gasteiger partial charge >= 0.3 is 0 Å². The van der Waals surface area contributed by atoms with Crippen molar-refractivity contribution in [2.45, 2.75) is 12.3 Å². The number of fused-ring (bicyclic) bond motifs is 1. The third-order valence-corrected chi connectivity index (χ3v) is 3.10. The molecule has 0 aromatic carbocycles. The van der Waals surface area contributed by atoms with Crippen LogP contribution in [0.1, 0.15) is 6.23 Å². The van der Waals surface area contributed by atoms with Crippen molar-refractivity contribution in [2.75, 3.05) is 31.3 Å². The van der Waals surface area contributed by atoms with Gasteiger partial charge in [-0.3, -0.25) is 4.57 Å². The number of nitrogen functional groups attached to an aromatic ring is 1. The van der Waals surface area contributed by atoms with Crippen LogP contribution in [0, 0.1) is 0 Å². The first kappa shape index (κ1) is 12.8. The highest BCUT2D eigenvalue weighted by Gasteiger charge is 2.23. The summed E-state index contributed by atoms with van der Waals surface area (Å²) in [6.45, 7) is -0.0559. The molecule has 1 aliphatic heterocycles. The lowest BCUT2D eigenvalue weighted by molar-refractivity contribution is -0.00638. The van der Waals surface area contributed by atoms with Crippen LogP contribution in [0.25, 0.3) is 11.2 Å². The topological polar surface area (TPSA) is 102 Å². The summed E-state index contributed by atoms with van der Waals surface area (Å²) >= 11 is 0. The van der Waals surface area contributed by atoms with Crippen LogP contribution in [0.2, 0.25) is 0 Å². The number of nitrogens with two attached hydrogens (primary N) is 1. The second-order valence-electron chi connectivity index (χ2n) is 4.76. The molecule has 8 heteroatoms. The summed E-state index contributed by atoms with van der Waals surface area (Å²) in [7, 11) is 3.74. The van der Waals surface area contributed by atoms with Crippen molar-refractivity contribution < 1.29 is 9.84 Å². The lowest BCUT2D eigenvalue weighted by Crippen LogP contribution is -2.16. The Kier molecular flexibility index (Phi) is 3.03. The Morgan fingerprint density at radius 1 is 1.40 bits per heavy atom. The highest BCUT2D eigenvalue weighted by molar-refractivity contribution is 5.84. The van der Waals surface area contributed by atoms with Crippen LogP contribution in [0.15, 0.2) is 18.5 Å². The molecule has 0 saturated carbocycles. The molecule has 0 bridgehead atoms. The van der Waals surface area contributed by atoms with E-state index >= 15 is 0 Å². The monoisotopic (exact) mass is 276 g/mol. The Morgan fingerprint density at radius 3 is 2.85 bits per heavy atom. The van der Waals surface area contributed by atoms with E-state index in [0.29, 0.717) is 17.0 Å².